The summed E-state index contributed by atoms with van der Waals surface area (Å²) in [4.78, 5) is 28.0. The van der Waals surface area contributed by atoms with Crippen LogP contribution in [0.2, 0.25) is 0 Å². The van der Waals surface area contributed by atoms with Gasteiger partial charge < -0.3 is 24.4 Å². The van der Waals surface area contributed by atoms with Crippen LogP contribution in [0.15, 0.2) is 42.5 Å². The second-order valence-electron chi connectivity index (χ2n) is 9.63. The molecule has 1 N–H and O–H groups in total. The Morgan fingerprint density at radius 1 is 1.08 bits per heavy atom. The van der Waals surface area contributed by atoms with Crippen molar-refractivity contribution in [1.29, 1.82) is 0 Å². The molecule has 0 unspecified atom stereocenters. The van der Waals surface area contributed by atoms with Crippen LogP contribution < -0.4 is 23.8 Å². The minimum Gasteiger partial charge on any atom is -0.497 e. The van der Waals surface area contributed by atoms with Crippen LogP contribution in [0.25, 0.3) is 0 Å². The van der Waals surface area contributed by atoms with Crippen LogP contribution in [0.3, 0.4) is 0 Å². The van der Waals surface area contributed by atoms with Gasteiger partial charge in [-0.25, -0.2) is 8.42 Å². The van der Waals surface area contributed by atoms with E-state index in [0.29, 0.717) is 36.1 Å². The highest BCUT2D eigenvalue weighted by Gasteiger charge is 2.27. The van der Waals surface area contributed by atoms with Crippen LogP contribution in [0, 0.1) is 0 Å². The van der Waals surface area contributed by atoms with E-state index < -0.39 is 16.1 Å². The molecule has 214 valence electrons. The van der Waals surface area contributed by atoms with Crippen LogP contribution >= 0.6 is 0 Å². The van der Waals surface area contributed by atoms with E-state index in [1.807, 2.05) is 38.1 Å². The van der Waals surface area contributed by atoms with Crippen molar-refractivity contribution in [2.75, 3.05) is 37.4 Å². The second-order valence-corrected chi connectivity index (χ2v) is 11.5. The summed E-state index contributed by atoms with van der Waals surface area (Å²) in [6.45, 7) is 6.71. The van der Waals surface area contributed by atoms with Crippen molar-refractivity contribution >= 4 is 27.5 Å². The molecule has 0 saturated heterocycles. The minimum atomic E-state index is -3.63. The second kappa shape index (κ2) is 13.5. The van der Waals surface area contributed by atoms with Crippen molar-refractivity contribution in [2.45, 2.75) is 58.7 Å². The van der Waals surface area contributed by atoms with E-state index in [4.69, 9.17) is 14.2 Å². The Morgan fingerprint density at radius 3 is 2.46 bits per heavy atom. The maximum atomic E-state index is 13.5. The topological polar surface area (TPSA) is 114 Å². The molecule has 2 amide bonds. The normalized spacial score (nSPS) is 14.2. The fourth-order valence-electron chi connectivity index (χ4n) is 4.21. The molecule has 0 aliphatic carbocycles. The highest BCUT2D eigenvalue weighted by atomic mass is 32.2. The number of nitrogens with one attached hydrogen (secondary N) is 1. The van der Waals surface area contributed by atoms with Gasteiger partial charge in [0.1, 0.15) is 25.0 Å². The van der Waals surface area contributed by atoms with Crippen LogP contribution in [0.5, 0.6) is 17.2 Å². The number of hydrogen-bond acceptors (Lipinski definition) is 7. The fourth-order valence-corrected chi connectivity index (χ4v) is 5.16. The first-order valence-corrected chi connectivity index (χ1v) is 15.0. The van der Waals surface area contributed by atoms with Gasteiger partial charge in [0.2, 0.25) is 21.8 Å². The molecule has 39 heavy (non-hydrogen) atoms. The van der Waals surface area contributed by atoms with Crippen molar-refractivity contribution < 1.29 is 32.2 Å². The van der Waals surface area contributed by atoms with Crippen LogP contribution in [-0.2, 0) is 26.2 Å². The van der Waals surface area contributed by atoms with Gasteiger partial charge in [0, 0.05) is 31.6 Å². The lowest BCUT2D eigenvalue weighted by Gasteiger charge is -2.30. The number of rotatable bonds is 13. The van der Waals surface area contributed by atoms with Gasteiger partial charge >= 0.3 is 0 Å². The van der Waals surface area contributed by atoms with Gasteiger partial charge in [0.25, 0.3) is 0 Å². The molecule has 11 heteroatoms. The van der Waals surface area contributed by atoms with E-state index in [2.05, 4.69) is 5.32 Å². The molecule has 0 saturated carbocycles. The Kier molecular flexibility index (Phi) is 10.4. The third-order valence-corrected chi connectivity index (χ3v) is 7.82. The number of carbonyl (C=O) groups is 2. The Bertz CT molecular complexity index is 1250. The van der Waals surface area contributed by atoms with Crippen molar-refractivity contribution in [3.63, 3.8) is 0 Å². The Balaban J connectivity index is 1.75. The number of sulfonamides is 1. The molecule has 0 spiro atoms. The summed E-state index contributed by atoms with van der Waals surface area (Å²) in [7, 11) is -2.06. The lowest BCUT2D eigenvalue weighted by atomic mass is 10.1. The number of nitrogens with zero attached hydrogens (tertiary/aromatic N) is 2. The summed E-state index contributed by atoms with van der Waals surface area (Å²) in [6, 6.07) is 11.6. The molecule has 2 aromatic rings. The van der Waals surface area contributed by atoms with E-state index in [1.165, 1.54) is 9.21 Å². The van der Waals surface area contributed by atoms with Crippen molar-refractivity contribution in [3.05, 3.63) is 48.0 Å². The standard InChI is InChI=1S/C28H39N3O7S/c1-6-20(2)29-28(33)21(3)30(19-22-9-7-10-24(17-22)36-4)27(32)11-8-14-31(39(5,34)35)23-12-13-25-26(18-23)38-16-15-37-25/h7,9-10,12-13,17-18,20-21H,6,8,11,14-16,19H2,1-5H3,(H,29,33)/t20-,21-/m0/s1. The van der Waals surface area contributed by atoms with Gasteiger partial charge in [-0.3, -0.25) is 13.9 Å². The molecule has 1 aliphatic rings. The van der Waals surface area contributed by atoms with Crippen LogP contribution in [0.4, 0.5) is 5.69 Å². The van der Waals surface area contributed by atoms with Gasteiger partial charge in [-0.2, -0.15) is 0 Å². The zero-order valence-electron chi connectivity index (χ0n) is 23.3. The quantitative estimate of drug-likeness (QED) is 0.399. The van der Waals surface area contributed by atoms with Gasteiger partial charge in [0.05, 0.1) is 19.1 Å². The average Bonchev–Trinajstić information content (AvgIpc) is 2.92. The molecular weight excluding hydrogens is 522 g/mol. The maximum absolute atomic E-state index is 13.5. The molecule has 1 aliphatic heterocycles. The Labute approximate surface area is 231 Å². The minimum absolute atomic E-state index is 0.0250. The lowest BCUT2D eigenvalue weighted by Crippen LogP contribution is -2.49. The van der Waals surface area contributed by atoms with E-state index in [0.717, 1.165) is 18.2 Å². The van der Waals surface area contributed by atoms with Crippen LogP contribution in [-0.4, -0.2) is 70.3 Å². The first-order chi connectivity index (χ1) is 18.5. The highest BCUT2D eigenvalue weighted by Crippen LogP contribution is 2.34. The predicted molar refractivity (Wildman–Crippen MR) is 150 cm³/mol. The monoisotopic (exact) mass is 561 g/mol. The number of amides is 2. The largest absolute Gasteiger partial charge is 0.497 e. The predicted octanol–water partition coefficient (Wildman–Crippen LogP) is 3.34. The summed E-state index contributed by atoms with van der Waals surface area (Å²) in [6.07, 6.45) is 2.21. The molecule has 2 aromatic carbocycles. The van der Waals surface area contributed by atoms with Crippen molar-refractivity contribution in [2.24, 2.45) is 0 Å². The van der Waals surface area contributed by atoms with E-state index in [-0.39, 0.29) is 43.8 Å². The number of hydrogen-bond donors (Lipinski definition) is 1. The third kappa shape index (κ3) is 8.26. The smallest absolute Gasteiger partial charge is 0.242 e. The number of carbonyl (C=O) groups excluding carboxylic acids is 2. The SMILES string of the molecule is CC[C@H](C)NC(=O)[C@H](C)N(Cc1cccc(OC)c1)C(=O)CCCN(c1ccc2c(c1)OCCO2)S(C)(=O)=O. The molecule has 10 nitrogen and oxygen atoms in total. The summed E-state index contributed by atoms with van der Waals surface area (Å²) in [5.74, 6) is 1.20. The summed E-state index contributed by atoms with van der Waals surface area (Å²) < 4.78 is 43.0. The number of ether oxygens (including phenoxy) is 3. The van der Waals surface area contributed by atoms with Gasteiger partial charge in [-0.1, -0.05) is 19.1 Å². The molecular formula is C28H39N3O7S. The summed E-state index contributed by atoms with van der Waals surface area (Å²) in [5, 5.41) is 2.95. The number of methoxy groups -OCH3 is 1. The molecule has 1 heterocycles. The molecule has 0 bridgehead atoms. The molecule has 3 rings (SSSR count). The highest BCUT2D eigenvalue weighted by molar-refractivity contribution is 7.92. The molecule has 0 radical (unpaired) electrons. The van der Waals surface area contributed by atoms with Crippen molar-refractivity contribution in [3.8, 4) is 17.2 Å². The Morgan fingerprint density at radius 2 is 1.79 bits per heavy atom. The van der Waals surface area contributed by atoms with E-state index in [1.54, 1.807) is 32.2 Å². The lowest BCUT2D eigenvalue weighted by molar-refractivity contribution is -0.140. The number of anilines is 1. The Hall–Kier alpha value is -3.47. The van der Waals surface area contributed by atoms with Crippen LogP contribution in [0.1, 0.15) is 45.6 Å². The maximum Gasteiger partial charge on any atom is 0.242 e. The zero-order chi connectivity index (χ0) is 28.6. The third-order valence-electron chi connectivity index (χ3n) is 6.62. The zero-order valence-corrected chi connectivity index (χ0v) is 24.1. The summed E-state index contributed by atoms with van der Waals surface area (Å²) >= 11 is 0. The van der Waals surface area contributed by atoms with E-state index in [9.17, 15) is 18.0 Å². The number of benzene rings is 2. The molecule has 2 atom stereocenters. The van der Waals surface area contributed by atoms with Gasteiger partial charge in [-0.05, 0) is 56.5 Å². The van der Waals surface area contributed by atoms with Gasteiger partial charge in [0.15, 0.2) is 11.5 Å². The average molecular weight is 562 g/mol. The number of fused-ring (bicyclic) bond motifs is 1. The van der Waals surface area contributed by atoms with Gasteiger partial charge in [-0.15, -0.1) is 0 Å². The summed E-state index contributed by atoms with van der Waals surface area (Å²) in [5.41, 5.74) is 1.25. The van der Waals surface area contributed by atoms with Crippen molar-refractivity contribution in [1.82, 2.24) is 10.2 Å². The first kappa shape index (κ1) is 30.1. The first-order valence-electron chi connectivity index (χ1n) is 13.1. The molecule has 0 aromatic heterocycles. The van der Waals surface area contributed by atoms with E-state index >= 15 is 0 Å². The fraction of sp³-hybridized carbons (Fsp3) is 0.500. The molecule has 0 fully saturated rings.